The van der Waals surface area contributed by atoms with E-state index in [1.807, 2.05) is 0 Å². The zero-order valence-electron chi connectivity index (χ0n) is 14.0. The quantitative estimate of drug-likeness (QED) is 0.775. The number of halogens is 1. The maximum absolute atomic E-state index is 13.5. The van der Waals surface area contributed by atoms with E-state index in [4.69, 9.17) is 0 Å². The first-order valence-electron chi connectivity index (χ1n) is 8.57. The first-order chi connectivity index (χ1) is 12.1. The van der Waals surface area contributed by atoms with E-state index in [-0.39, 0.29) is 24.1 Å². The van der Waals surface area contributed by atoms with Crippen molar-refractivity contribution in [2.24, 2.45) is 0 Å². The number of nitrogens with zero attached hydrogens (tertiary/aromatic N) is 3. The van der Waals surface area contributed by atoms with Crippen LogP contribution in [-0.4, -0.2) is 26.9 Å². The van der Waals surface area contributed by atoms with Crippen molar-refractivity contribution in [3.8, 4) is 0 Å². The topological polar surface area (TPSA) is 81.0 Å². The molecule has 0 spiro atoms. The molecular weight excluding hydrogens is 325 g/mol. The van der Waals surface area contributed by atoms with Crippen LogP contribution < -0.4 is 16.3 Å². The Hall–Kier alpha value is -2.64. The van der Waals surface area contributed by atoms with Gasteiger partial charge in [-0.25, -0.2) is 18.7 Å². The molecule has 2 aromatic rings. The third-order valence-electron chi connectivity index (χ3n) is 4.26. The molecule has 0 saturated heterocycles. The van der Waals surface area contributed by atoms with Gasteiger partial charge in [-0.3, -0.25) is 4.57 Å². The Kier molecular flexibility index (Phi) is 5.47. The number of urea groups is 1. The lowest BCUT2D eigenvalue weighted by molar-refractivity contribution is 0.240. The molecule has 25 heavy (non-hydrogen) atoms. The molecule has 2 N–H and O–H groups in total. The van der Waals surface area contributed by atoms with Crippen LogP contribution in [0.2, 0.25) is 0 Å². The van der Waals surface area contributed by atoms with Gasteiger partial charge in [-0.05, 0) is 25.3 Å². The smallest absolute Gasteiger partial charge is 0.338 e. The number of hydrogen-bond donors (Lipinski definition) is 2. The standard InChI is InChI=1S/C17H22FN5O2/c18-14-7-2-1-6-13(14)12-20-16(24)19-9-5-11-23-17(25)22-10-4-3-8-15(22)21-23/h1-2,6-7H,3-5,8-12H2,(H2,19,20,24). The van der Waals surface area contributed by atoms with Gasteiger partial charge in [0.25, 0.3) is 0 Å². The Morgan fingerprint density at radius 2 is 2.08 bits per heavy atom. The van der Waals surface area contributed by atoms with Crippen molar-refractivity contribution in [1.29, 1.82) is 0 Å². The van der Waals surface area contributed by atoms with E-state index < -0.39 is 0 Å². The van der Waals surface area contributed by atoms with Crippen LogP contribution in [-0.2, 0) is 26.1 Å². The zero-order valence-corrected chi connectivity index (χ0v) is 14.0. The summed E-state index contributed by atoms with van der Waals surface area (Å²) in [4.78, 5) is 23.9. The van der Waals surface area contributed by atoms with Gasteiger partial charge in [0.2, 0.25) is 0 Å². The highest BCUT2D eigenvalue weighted by molar-refractivity contribution is 5.73. The number of nitrogens with one attached hydrogen (secondary N) is 2. The van der Waals surface area contributed by atoms with E-state index in [9.17, 15) is 14.0 Å². The van der Waals surface area contributed by atoms with Gasteiger partial charge in [0.15, 0.2) is 0 Å². The summed E-state index contributed by atoms with van der Waals surface area (Å²) in [5.41, 5.74) is 0.367. The van der Waals surface area contributed by atoms with E-state index in [2.05, 4.69) is 15.7 Å². The summed E-state index contributed by atoms with van der Waals surface area (Å²) in [5, 5.41) is 9.66. The van der Waals surface area contributed by atoms with Gasteiger partial charge in [0, 0.05) is 38.2 Å². The highest BCUT2D eigenvalue weighted by atomic mass is 19.1. The molecule has 1 aliphatic heterocycles. The Morgan fingerprint density at radius 3 is 2.88 bits per heavy atom. The fourth-order valence-electron chi connectivity index (χ4n) is 2.90. The molecule has 134 valence electrons. The second kappa shape index (κ2) is 7.96. The molecule has 3 rings (SSSR count). The molecule has 0 saturated carbocycles. The molecule has 0 radical (unpaired) electrons. The average Bonchev–Trinajstić information content (AvgIpc) is 2.94. The Balaban J connectivity index is 1.40. The number of aromatic nitrogens is 3. The average molecular weight is 347 g/mol. The van der Waals surface area contributed by atoms with E-state index in [1.165, 1.54) is 10.7 Å². The summed E-state index contributed by atoms with van der Waals surface area (Å²) >= 11 is 0. The van der Waals surface area contributed by atoms with Crippen molar-refractivity contribution >= 4 is 6.03 Å². The first kappa shape index (κ1) is 17.2. The second-order valence-electron chi connectivity index (χ2n) is 6.09. The first-order valence-corrected chi connectivity index (χ1v) is 8.57. The fourth-order valence-corrected chi connectivity index (χ4v) is 2.90. The number of benzene rings is 1. The van der Waals surface area contributed by atoms with Crippen LogP contribution >= 0.6 is 0 Å². The van der Waals surface area contributed by atoms with Crippen LogP contribution in [0.5, 0.6) is 0 Å². The molecule has 0 fully saturated rings. The predicted octanol–water partition coefficient (Wildman–Crippen LogP) is 1.41. The summed E-state index contributed by atoms with van der Waals surface area (Å²) in [6.45, 7) is 1.75. The Bertz CT molecular complexity index is 799. The minimum atomic E-state index is -0.361. The van der Waals surface area contributed by atoms with Gasteiger partial charge >= 0.3 is 11.7 Å². The predicted molar refractivity (Wildman–Crippen MR) is 90.7 cm³/mol. The number of hydrogen-bond acceptors (Lipinski definition) is 3. The molecule has 1 aromatic heterocycles. The molecular formula is C17H22FN5O2. The molecule has 0 bridgehead atoms. The maximum Gasteiger partial charge on any atom is 0.345 e. The van der Waals surface area contributed by atoms with Gasteiger partial charge in [0.1, 0.15) is 11.6 Å². The van der Waals surface area contributed by atoms with Crippen LogP contribution in [0, 0.1) is 5.82 Å². The van der Waals surface area contributed by atoms with E-state index in [0.29, 0.717) is 25.1 Å². The maximum atomic E-state index is 13.5. The van der Waals surface area contributed by atoms with Gasteiger partial charge < -0.3 is 10.6 Å². The number of carbonyl (C=O) groups excluding carboxylic acids is 1. The van der Waals surface area contributed by atoms with Crippen molar-refractivity contribution in [2.75, 3.05) is 6.54 Å². The van der Waals surface area contributed by atoms with Gasteiger partial charge in [-0.1, -0.05) is 18.2 Å². The number of fused-ring (bicyclic) bond motifs is 1. The minimum absolute atomic E-state index is 0.0706. The lowest BCUT2D eigenvalue weighted by Gasteiger charge is -2.09. The SMILES string of the molecule is O=C(NCCCn1nc2n(c1=O)CCCC2)NCc1ccccc1F. The molecule has 2 heterocycles. The lowest BCUT2D eigenvalue weighted by Crippen LogP contribution is -2.36. The second-order valence-corrected chi connectivity index (χ2v) is 6.09. The number of amides is 2. The highest BCUT2D eigenvalue weighted by Gasteiger charge is 2.16. The zero-order chi connectivity index (χ0) is 17.6. The summed E-state index contributed by atoms with van der Waals surface area (Å²) in [6, 6.07) is 5.95. The molecule has 8 heteroatoms. The van der Waals surface area contributed by atoms with Crippen molar-refractivity contribution in [3.05, 3.63) is 52.0 Å². The summed E-state index contributed by atoms with van der Waals surface area (Å²) in [6.07, 6.45) is 3.53. The van der Waals surface area contributed by atoms with Crippen LogP contribution in [0.3, 0.4) is 0 Å². The van der Waals surface area contributed by atoms with Crippen molar-refractivity contribution < 1.29 is 9.18 Å². The van der Waals surface area contributed by atoms with Gasteiger partial charge in [0.05, 0.1) is 0 Å². The Labute approximate surface area is 144 Å². The normalized spacial score (nSPS) is 13.3. The third-order valence-corrected chi connectivity index (χ3v) is 4.26. The Morgan fingerprint density at radius 1 is 1.24 bits per heavy atom. The number of aryl methyl sites for hydroxylation is 2. The van der Waals surface area contributed by atoms with Crippen molar-refractivity contribution in [3.63, 3.8) is 0 Å². The summed E-state index contributed by atoms with van der Waals surface area (Å²) < 4.78 is 16.7. The van der Waals surface area contributed by atoms with Gasteiger partial charge in [-0.2, -0.15) is 5.10 Å². The van der Waals surface area contributed by atoms with E-state index in [1.54, 1.807) is 22.8 Å². The molecule has 1 aromatic carbocycles. The lowest BCUT2D eigenvalue weighted by atomic mass is 10.2. The third kappa shape index (κ3) is 4.26. The summed E-state index contributed by atoms with van der Waals surface area (Å²) in [5.74, 6) is 0.512. The van der Waals surface area contributed by atoms with Crippen LogP contribution in [0.1, 0.15) is 30.7 Å². The molecule has 0 unspecified atom stereocenters. The number of rotatable bonds is 6. The van der Waals surface area contributed by atoms with E-state index in [0.717, 1.165) is 31.6 Å². The van der Waals surface area contributed by atoms with Gasteiger partial charge in [-0.15, -0.1) is 0 Å². The van der Waals surface area contributed by atoms with Crippen molar-refractivity contribution in [1.82, 2.24) is 25.0 Å². The molecule has 7 nitrogen and oxygen atoms in total. The molecule has 0 atom stereocenters. The van der Waals surface area contributed by atoms with E-state index >= 15 is 0 Å². The van der Waals surface area contributed by atoms with Crippen LogP contribution in [0.25, 0.3) is 0 Å². The molecule has 2 amide bonds. The molecule has 0 aliphatic carbocycles. The van der Waals surface area contributed by atoms with Crippen LogP contribution in [0.4, 0.5) is 9.18 Å². The minimum Gasteiger partial charge on any atom is -0.338 e. The number of carbonyl (C=O) groups is 1. The highest BCUT2D eigenvalue weighted by Crippen LogP contribution is 2.09. The molecule has 1 aliphatic rings. The fraction of sp³-hybridized carbons (Fsp3) is 0.471. The largest absolute Gasteiger partial charge is 0.345 e. The summed E-state index contributed by atoms with van der Waals surface area (Å²) in [7, 11) is 0. The van der Waals surface area contributed by atoms with Crippen molar-refractivity contribution in [2.45, 2.75) is 45.3 Å². The monoisotopic (exact) mass is 347 g/mol. The van der Waals surface area contributed by atoms with Crippen LogP contribution in [0.15, 0.2) is 29.1 Å².